The lowest BCUT2D eigenvalue weighted by molar-refractivity contribution is -0.134. The first kappa shape index (κ1) is 18.7. The number of hydrogen-bond donors (Lipinski definition) is 1. The maximum atomic E-state index is 11.6. The zero-order chi connectivity index (χ0) is 17.9. The fourth-order valence-electron chi connectivity index (χ4n) is 3.31. The molecule has 1 atom stereocenters. The fourth-order valence-corrected chi connectivity index (χ4v) is 3.31. The average molecular weight is 334 g/mol. The third-order valence-corrected chi connectivity index (χ3v) is 4.59. The summed E-state index contributed by atoms with van der Waals surface area (Å²) < 4.78 is 5.76. The molecule has 0 radical (unpaired) electrons. The van der Waals surface area contributed by atoms with Crippen LogP contribution in [-0.4, -0.2) is 65.2 Å². The van der Waals surface area contributed by atoms with Gasteiger partial charge in [-0.15, -0.1) is 0 Å². The van der Waals surface area contributed by atoms with E-state index in [9.17, 15) is 9.90 Å². The van der Waals surface area contributed by atoms with Gasteiger partial charge in [0.25, 0.3) is 0 Å². The quantitative estimate of drug-likeness (QED) is 0.895. The van der Waals surface area contributed by atoms with Gasteiger partial charge in [-0.05, 0) is 51.0 Å². The number of carbonyl (C=O) groups excluding carboxylic acids is 1. The summed E-state index contributed by atoms with van der Waals surface area (Å²) in [6.45, 7) is 12.9. The van der Waals surface area contributed by atoms with Crippen LogP contribution in [0, 0.1) is 13.8 Å². The number of rotatable bonds is 5. The Morgan fingerprint density at radius 1 is 1.25 bits per heavy atom. The molecular formula is C19H30N2O3. The molecule has 2 rings (SSSR count). The lowest BCUT2D eigenvalue weighted by atomic mass is 9.98. The molecule has 1 heterocycles. The number of β-amino-alcohol motifs (C(OH)–C–C–N with tert-alkyl or cyclic N) is 1. The van der Waals surface area contributed by atoms with Crippen molar-refractivity contribution in [1.82, 2.24) is 9.80 Å². The highest BCUT2D eigenvalue weighted by atomic mass is 16.5. The molecule has 1 N–H and O–H groups in total. The van der Waals surface area contributed by atoms with Gasteiger partial charge in [0.05, 0.1) is 0 Å². The van der Waals surface area contributed by atoms with Crippen LogP contribution in [0.15, 0.2) is 18.2 Å². The molecule has 1 fully saturated rings. The molecule has 0 bridgehead atoms. The number of benzene rings is 1. The van der Waals surface area contributed by atoms with E-state index in [1.807, 2.05) is 30.9 Å². The van der Waals surface area contributed by atoms with Crippen molar-refractivity contribution in [2.75, 3.05) is 32.8 Å². The molecule has 5 heteroatoms. The van der Waals surface area contributed by atoms with Gasteiger partial charge in [0.15, 0.2) is 0 Å². The molecule has 24 heavy (non-hydrogen) atoms. The van der Waals surface area contributed by atoms with Crippen molar-refractivity contribution >= 4 is 5.91 Å². The fraction of sp³-hybridized carbons (Fsp3) is 0.632. The molecule has 0 saturated carbocycles. The third kappa shape index (κ3) is 4.95. The van der Waals surface area contributed by atoms with Crippen LogP contribution in [0.2, 0.25) is 0 Å². The molecule has 0 spiro atoms. The maximum Gasteiger partial charge on any atom is 0.219 e. The van der Waals surface area contributed by atoms with Gasteiger partial charge in [0.1, 0.15) is 18.5 Å². The van der Waals surface area contributed by atoms with Gasteiger partial charge in [-0.3, -0.25) is 9.69 Å². The van der Waals surface area contributed by atoms with E-state index in [1.165, 1.54) is 0 Å². The smallest absolute Gasteiger partial charge is 0.219 e. The Balaban J connectivity index is 1.87. The molecule has 1 aromatic rings. The monoisotopic (exact) mass is 334 g/mol. The van der Waals surface area contributed by atoms with Crippen LogP contribution in [0.1, 0.15) is 31.9 Å². The second-order valence-electron chi connectivity index (χ2n) is 7.49. The van der Waals surface area contributed by atoms with Gasteiger partial charge in [0, 0.05) is 38.6 Å². The van der Waals surface area contributed by atoms with Crippen LogP contribution in [0.4, 0.5) is 0 Å². The summed E-state index contributed by atoms with van der Waals surface area (Å²) in [6.07, 6.45) is -0.561. The Labute approximate surface area is 145 Å². The first-order valence-electron chi connectivity index (χ1n) is 8.57. The summed E-state index contributed by atoms with van der Waals surface area (Å²) in [4.78, 5) is 15.7. The normalized spacial score (nSPS) is 19.2. The number of aryl methyl sites for hydroxylation is 2. The van der Waals surface area contributed by atoms with Gasteiger partial charge >= 0.3 is 0 Å². The van der Waals surface area contributed by atoms with Crippen molar-refractivity contribution in [2.45, 2.75) is 46.3 Å². The maximum absolute atomic E-state index is 11.6. The SMILES string of the molecule is CC(=O)N1CCN(CC(O)COc2cc(C)cc(C)c2)C(C)(C)C1. The van der Waals surface area contributed by atoms with Gasteiger partial charge < -0.3 is 14.7 Å². The molecule has 1 unspecified atom stereocenters. The molecule has 1 aliphatic heterocycles. The highest BCUT2D eigenvalue weighted by molar-refractivity contribution is 5.73. The zero-order valence-corrected chi connectivity index (χ0v) is 15.5. The van der Waals surface area contributed by atoms with Gasteiger partial charge in [0.2, 0.25) is 5.91 Å². The van der Waals surface area contributed by atoms with Crippen molar-refractivity contribution in [3.8, 4) is 5.75 Å². The van der Waals surface area contributed by atoms with Crippen LogP contribution in [0.5, 0.6) is 5.75 Å². The van der Waals surface area contributed by atoms with Gasteiger partial charge in [-0.2, -0.15) is 0 Å². The summed E-state index contributed by atoms with van der Waals surface area (Å²) in [5, 5.41) is 10.4. The molecule has 1 aromatic carbocycles. The van der Waals surface area contributed by atoms with Gasteiger partial charge in [-0.25, -0.2) is 0 Å². The standard InChI is InChI=1S/C19H30N2O3/c1-14-8-15(2)10-18(9-14)24-12-17(23)11-21-7-6-20(16(3)22)13-19(21,4)5/h8-10,17,23H,6-7,11-13H2,1-5H3. The van der Waals surface area contributed by atoms with E-state index >= 15 is 0 Å². The van der Waals surface area contributed by atoms with E-state index in [-0.39, 0.29) is 18.1 Å². The van der Waals surface area contributed by atoms with Crippen LogP contribution >= 0.6 is 0 Å². The molecule has 0 aromatic heterocycles. The number of aliphatic hydroxyl groups is 1. The number of amides is 1. The summed E-state index contributed by atoms with van der Waals surface area (Å²) in [6, 6.07) is 6.06. The van der Waals surface area contributed by atoms with Crippen molar-refractivity contribution in [3.05, 3.63) is 29.3 Å². The largest absolute Gasteiger partial charge is 0.491 e. The number of ether oxygens (including phenoxy) is 1. The molecular weight excluding hydrogens is 304 g/mol. The lowest BCUT2D eigenvalue weighted by Crippen LogP contribution is -2.61. The highest BCUT2D eigenvalue weighted by Gasteiger charge is 2.35. The molecule has 1 saturated heterocycles. The van der Waals surface area contributed by atoms with E-state index in [4.69, 9.17) is 4.74 Å². The summed E-state index contributed by atoms with van der Waals surface area (Å²) in [7, 11) is 0. The summed E-state index contributed by atoms with van der Waals surface area (Å²) in [5.41, 5.74) is 2.16. The number of piperazine rings is 1. The van der Waals surface area contributed by atoms with Crippen molar-refractivity contribution in [1.29, 1.82) is 0 Å². The first-order valence-corrected chi connectivity index (χ1v) is 8.57. The van der Waals surface area contributed by atoms with E-state index < -0.39 is 6.10 Å². The van der Waals surface area contributed by atoms with Crippen LogP contribution < -0.4 is 4.74 Å². The van der Waals surface area contributed by atoms with Crippen LogP contribution in [-0.2, 0) is 4.79 Å². The predicted octanol–water partition coefficient (Wildman–Crippen LogP) is 1.99. The first-order chi connectivity index (χ1) is 11.2. The van der Waals surface area contributed by atoms with Crippen LogP contribution in [0.3, 0.4) is 0 Å². The second kappa shape index (κ2) is 7.53. The lowest BCUT2D eigenvalue weighted by Gasteiger charge is -2.47. The van der Waals surface area contributed by atoms with E-state index in [0.29, 0.717) is 19.6 Å². The van der Waals surface area contributed by atoms with E-state index in [1.54, 1.807) is 6.92 Å². The third-order valence-electron chi connectivity index (χ3n) is 4.59. The molecule has 1 amide bonds. The molecule has 0 aliphatic carbocycles. The average Bonchev–Trinajstić information content (AvgIpc) is 2.45. The number of nitrogens with zero attached hydrogens (tertiary/aromatic N) is 2. The Hall–Kier alpha value is -1.59. The Morgan fingerprint density at radius 3 is 2.42 bits per heavy atom. The number of hydrogen-bond acceptors (Lipinski definition) is 4. The number of aliphatic hydroxyl groups excluding tert-OH is 1. The molecule has 5 nitrogen and oxygen atoms in total. The minimum absolute atomic E-state index is 0.112. The second-order valence-corrected chi connectivity index (χ2v) is 7.49. The summed E-state index contributed by atoms with van der Waals surface area (Å²) >= 11 is 0. The minimum atomic E-state index is -0.561. The van der Waals surface area contributed by atoms with Crippen molar-refractivity contribution in [2.24, 2.45) is 0 Å². The predicted molar refractivity (Wildman–Crippen MR) is 95.3 cm³/mol. The Bertz CT molecular complexity index is 566. The van der Waals surface area contributed by atoms with Crippen molar-refractivity contribution in [3.63, 3.8) is 0 Å². The molecule has 134 valence electrons. The van der Waals surface area contributed by atoms with Gasteiger partial charge in [-0.1, -0.05) is 6.07 Å². The number of carbonyl (C=O) groups is 1. The Kier molecular flexibility index (Phi) is 5.88. The summed E-state index contributed by atoms with van der Waals surface area (Å²) in [5.74, 6) is 0.911. The zero-order valence-electron chi connectivity index (χ0n) is 15.5. The van der Waals surface area contributed by atoms with Crippen molar-refractivity contribution < 1.29 is 14.6 Å². The van der Waals surface area contributed by atoms with Crippen LogP contribution in [0.25, 0.3) is 0 Å². The topological polar surface area (TPSA) is 53.0 Å². The highest BCUT2D eigenvalue weighted by Crippen LogP contribution is 2.22. The Morgan fingerprint density at radius 2 is 1.88 bits per heavy atom. The minimum Gasteiger partial charge on any atom is -0.491 e. The molecule has 1 aliphatic rings. The van der Waals surface area contributed by atoms with E-state index in [2.05, 4.69) is 24.8 Å². The van der Waals surface area contributed by atoms with E-state index in [0.717, 1.165) is 23.4 Å².